The molecular formula is C9H15FN2O5S. The molecule has 5 atom stereocenters. The summed E-state index contributed by atoms with van der Waals surface area (Å²) in [5.74, 6) is 0. The van der Waals surface area contributed by atoms with Crippen molar-refractivity contribution in [3.8, 4) is 0 Å². The van der Waals surface area contributed by atoms with Gasteiger partial charge in [-0.05, 0) is 0 Å². The molecule has 2 heterocycles. The molecular weight excluding hydrogens is 267 g/mol. The van der Waals surface area contributed by atoms with E-state index < -0.39 is 42.3 Å². The number of nitrogens with one attached hydrogen (secondary N) is 1. The molecule has 9 heteroatoms. The van der Waals surface area contributed by atoms with Gasteiger partial charge in [0.1, 0.15) is 18.4 Å². The monoisotopic (exact) mass is 282 g/mol. The van der Waals surface area contributed by atoms with Crippen LogP contribution in [0.3, 0.4) is 0 Å². The van der Waals surface area contributed by atoms with Crippen molar-refractivity contribution in [1.82, 2.24) is 10.2 Å². The predicted octanol–water partition coefficient (Wildman–Crippen LogP) is -1.61. The molecule has 104 valence electrons. The lowest BCUT2D eigenvalue weighted by Gasteiger charge is -2.37. The quantitative estimate of drug-likeness (QED) is 0.392. The number of thiol groups is 1. The van der Waals surface area contributed by atoms with Gasteiger partial charge in [-0.25, -0.2) is 9.18 Å². The number of rotatable bonds is 2. The van der Waals surface area contributed by atoms with Crippen LogP contribution in [-0.2, 0) is 4.74 Å². The normalized spacial score (nSPS) is 45.2. The molecule has 0 bridgehead atoms. The zero-order valence-corrected chi connectivity index (χ0v) is 10.3. The number of carbonyl (C=O) groups is 1. The number of hydrogen-bond acceptors (Lipinski definition) is 6. The largest absolute Gasteiger partial charge is 0.394 e. The van der Waals surface area contributed by atoms with Crippen LogP contribution in [0.15, 0.2) is 0 Å². The highest BCUT2D eigenvalue weighted by molar-refractivity contribution is 7.81. The maximum absolute atomic E-state index is 14.3. The molecule has 2 rings (SSSR count). The molecule has 0 saturated carbocycles. The second kappa shape index (κ2) is 4.82. The third-order valence-electron chi connectivity index (χ3n) is 3.07. The number of halogens is 1. The molecule has 2 aliphatic heterocycles. The van der Waals surface area contributed by atoms with E-state index in [0.29, 0.717) is 0 Å². The fourth-order valence-electron chi connectivity index (χ4n) is 2.06. The summed E-state index contributed by atoms with van der Waals surface area (Å²) in [6, 6.07) is -0.708. The van der Waals surface area contributed by atoms with E-state index in [1.165, 1.54) is 0 Å². The molecule has 0 radical (unpaired) electrons. The van der Waals surface area contributed by atoms with Crippen LogP contribution in [0.5, 0.6) is 0 Å². The lowest BCUT2D eigenvalue weighted by atomic mass is 10.1. The first-order chi connectivity index (χ1) is 8.37. The van der Waals surface area contributed by atoms with Gasteiger partial charge in [-0.3, -0.25) is 4.90 Å². The third kappa shape index (κ3) is 2.16. The van der Waals surface area contributed by atoms with Gasteiger partial charge < -0.3 is 25.4 Å². The molecule has 0 spiro atoms. The second-order valence-corrected chi connectivity index (χ2v) is 5.01. The average Bonchev–Trinajstić information content (AvgIpc) is 2.52. The molecule has 2 aliphatic rings. The Bertz CT molecular complexity index is 345. The number of ether oxygens (including phenoxy) is 1. The predicted molar refractivity (Wildman–Crippen MR) is 60.4 cm³/mol. The second-order valence-electron chi connectivity index (χ2n) is 4.33. The highest BCUT2D eigenvalue weighted by Crippen LogP contribution is 2.40. The number of aliphatic hydroxyl groups excluding tert-OH is 3. The van der Waals surface area contributed by atoms with Gasteiger partial charge >= 0.3 is 6.03 Å². The lowest BCUT2D eigenvalue weighted by molar-refractivity contribution is -0.0840. The number of carbonyl (C=O) groups excluding carboxylic acids is 1. The van der Waals surface area contributed by atoms with Gasteiger partial charge in [0, 0.05) is 13.0 Å². The molecule has 2 saturated heterocycles. The van der Waals surface area contributed by atoms with Gasteiger partial charge in [-0.2, -0.15) is 0 Å². The number of hydrogen-bond donors (Lipinski definition) is 5. The Morgan fingerprint density at radius 1 is 1.61 bits per heavy atom. The highest BCUT2D eigenvalue weighted by Gasteiger charge is 2.58. The first-order valence-electron chi connectivity index (χ1n) is 5.48. The highest BCUT2D eigenvalue weighted by atomic mass is 32.1. The zero-order valence-electron chi connectivity index (χ0n) is 9.36. The molecule has 2 amide bonds. The molecule has 4 N–H and O–H groups in total. The van der Waals surface area contributed by atoms with Crippen LogP contribution in [0.4, 0.5) is 9.18 Å². The van der Waals surface area contributed by atoms with E-state index in [4.69, 9.17) is 9.84 Å². The van der Waals surface area contributed by atoms with Gasteiger partial charge in [0.15, 0.2) is 6.23 Å². The Balaban J connectivity index is 2.15. The van der Waals surface area contributed by atoms with Crippen LogP contribution < -0.4 is 5.32 Å². The number of aliphatic hydroxyl groups is 3. The lowest BCUT2D eigenvalue weighted by Crippen LogP contribution is -2.59. The molecule has 0 aromatic heterocycles. The van der Waals surface area contributed by atoms with Crippen LogP contribution in [0, 0.1) is 0 Å². The van der Waals surface area contributed by atoms with E-state index in [9.17, 15) is 19.4 Å². The first kappa shape index (κ1) is 13.8. The van der Waals surface area contributed by atoms with Crippen LogP contribution in [0.1, 0.15) is 6.42 Å². The van der Waals surface area contributed by atoms with Crippen molar-refractivity contribution in [3.05, 3.63) is 0 Å². The summed E-state index contributed by atoms with van der Waals surface area (Å²) in [6.07, 6.45) is -4.98. The Hall–Kier alpha value is -0.610. The molecule has 2 fully saturated rings. The minimum absolute atomic E-state index is 0.0643. The SMILES string of the molecule is O=C1NC(O)CCN1C1O[C@H](CO)[C@@H](O)[C@]1(F)S. The summed E-state index contributed by atoms with van der Waals surface area (Å²) in [5.41, 5.74) is 0. The minimum Gasteiger partial charge on any atom is -0.394 e. The van der Waals surface area contributed by atoms with Gasteiger partial charge in [-0.1, -0.05) is 0 Å². The first-order valence-corrected chi connectivity index (χ1v) is 5.93. The minimum atomic E-state index is -2.48. The summed E-state index contributed by atoms with van der Waals surface area (Å²) in [4.78, 5) is 12.6. The molecule has 0 aliphatic carbocycles. The molecule has 2 unspecified atom stereocenters. The number of amides is 2. The standard InChI is InChI=1S/C9H15FN2O5S/c10-9(18)6(15)4(3-13)17-7(9)12-2-1-5(14)11-8(12)16/h4-7,13-15,18H,1-3H2,(H,11,16)/t4-,5?,6-,7?,9+/m1/s1. The van der Waals surface area contributed by atoms with Crippen LogP contribution in [0.25, 0.3) is 0 Å². The summed E-state index contributed by atoms with van der Waals surface area (Å²) < 4.78 is 19.4. The van der Waals surface area contributed by atoms with Gasteiger partial charge in [0.05, 0.1) is 6.61 Å². The fraction of sp³-hybridized carbons (Fsp3) is 0.889. The smallest absolute Gasteiger partial charge is 0.321 e. The summed E-state index contributed by atoms with van der Waals surface area (Å²) in [5, 5.41) is 27.5. The average molecular weight is 282 g/mol. The van der Waals surface area contributed by atoms with Gasteiger partial charge in [-0.15, -0.1) is 12.6 Å². The van der Waals surface area contributed by atoms with E-state index in [2.05, 4.69) is 17.9 Å². The Kier molecular flexibility index (Phi) is 3.70. The molecule has 0 aromatic rings. The summed E-state index contributed by atoms with van der Waals surface area (Å²) in [7, 11) is 0. The Morgan fingerprint density at radius 2 is 2.28 bits per heavy atom. The van der Waals surface area contributed by atoms with E-state index in [0.717, 1.165) is 4.90 Å². The van der Waals surface area contributed by atoms with Crippen molar-refractivity contribution in [1.29, 1.82) is 0 Å². The fourth-order valence-corrected chi connectivity index (χ4v) is 2.43. The molecule has 0 aromatic carbocycles. The Morgan fingerprint density at radius 3 is 2.78 bits per heavy atom. The third-order valence-corrected chi connectivity index (χ3v) is 3.56. The van der Waals surface area contributed by atoms with Gasteiger partial charge in [0.2, 0.25) is 5.00 Å². The van der Waals surface area contributed by atoms with E-state index in [-0.39, 0.29) is 13.0 Å². The summed E-state index contributed by atoms with van der Waals surface area (Å²) >= 11 is 3.69. The maximum Gasteiger partial charge on any atom is 0.321 e. The Labute approximate surface area is 108 Å². The van der Waals surface area contributed by atoms with E-state index in [1.54, 1.807) is 0 Å². The number of nitrogens with zero attached hydrogens (tertiary/aromatic N) is 1. The van der Waals surface area contributed by atoms with Gasteiger partial charge in [0.25, 0.3) is 0 Å². The van der Waals surface area contributed by atoms with E-state index >= 15 is 0 Å². The van der Waals surface area contributed by atoms with Crippen molar-refractivity contribution < 1.29 is 29.2 Å². The summed E-state index contributed by atoms with van der Waals surface area (Å²) in [6.45, 7) is -0.517. The van der Waals surface area contributed by atoms with Crippen LogP contribution in [0.2, 0.25) is 0 Å². The number of urea groups is 1. The molecule has 18 heavy (non-hydrogen) atoms. The van der Waals surface area contributed by atoms with Crippen molar-refractivity contribution in [3.63, 3.8) is 0 Å². The van der Waals surface area contributed by atoms with Crippen molar-refractivity contribution >= 4 is 18.7 Å². The van der Waals surface area contributed by atoms with Crippen LogP contribution >= 0.6 is 12.6 Å². The molecule has 7 nitrogen and oxygen atoms in total. The number of alkyl halides is 1. The van der Waals surface area contributed by atoms with Crippen molar-refractivity contribution in [2.24, 2.45) is 0 Å². The van der Waals surface area contributed by atoms with Crippen molar-refractivity contribution in [2.45, 2.75) is 36.1 Å². The van der Waals surface area contributed by atoms with E-state index in [1.807, 2.05) is 0 Å². The van der Waals surface area contributed by atoms with Crippen molar-refractivity contribution in [2.75, 3.05) is 13.2 Å². The van der Waals surface area contributed by atoms with Crippen LogP contribution in [-0.4, -0.2) is 69.1 Å². The maximum atomic E-state index is 14.3. The zero-order chi connectivity index (χ0) is 13.5. The topological polar surface area (TPSA) is 102 Å².